The smallest absolute Gasteiger partial charge is 0.155 e. The van der Waals surface area contributed by atoms with Crippen molar-refractivity contribution in [1.29, 1.82) is 0 Å². The van der Waals surface area contributed by atoms with Crippen molar-refractivity contribution in [3.63, 3.8) is 0 Å². The highest BCUT2D eigenvalue weighted by Gasteiger charge is 2.65. The number of rotatable bonds is 1. The molecule has 4 nitrogen and oxygen atoms in total. The van der Waals surface area contributed by atoms with E-state index in [1.54, 1.807) is 6.92 Å². The third-order valence-corrected chi connectivity index (χ3v) is 8.55. The molecule has 25 heavy (non-hydrogen) atoms. The summed E-state index contributed by atoms with van der Waals surface area (Å²) >= 11 is 0. The SMILES string of the molecule is CC(=O)[C@H]1C[C@H](O)C2[C@@H]3CCC4=CC(=O)CC[C@]4(C)[C@H]3C[C@@H](O)[C@@]21C. The third-order valence-electron chi connectivity index (χ3n) is 8.55. The van der Waals surface area contributed by atoms with Gasteiger partial charge in [0.05, 0.1) is 12.2 Å². The highest BCUT2D eigenvalue weighted by atomic mass is 16.3. The van der Waals surface area contributed by atoms with Crippen LogP contribution in [0.25, 0.3) is 0 Å². The first kappa shape index (κ1) is 17.4. The molecule has 0 amide bonds. The Kier molecular flexibility index (Phi) is 3.83. The van der Waals surface area contributed by atoms with Gasteiger partial charge in [-0.2, -0.15) is 0 Å². The maximum Gasteiger partial charge on any atom is 0.155 e. The van der Waals surface area contributed by atoms with Crippen LogP contribution in [0.1, 0.15) is 59.3 Å². The Balaban J connectivity index is 1.75. The van der Waals surface area contributed by atoms with Gasteiger partial charge in [-0.25, -0.2) is 0 Å². The quantitative estimate of drug-likeness (QED) is 0.765. The molecule has 0 spiro atoms. The molecule has 2 N–H and O–H groups in total. The van der Waals surface area contributed by atoms with Crippen molar-refractivity contribution in [3.05, 3.63) is 11.6 Å². The Hall–Kier alpha value is -1.00. The van der Waals surface area contributed by atoms with Crippen molar-refractivity contribution >= 4 is 11.6 Å². The Morgan fingerprint density at radius 2 is 1.92 bits per heavy atom. The lowest BCUT2D eigenvalue weighted by molar-refractivity contribution is -0.157. The Morgan fingerprint density at radius 3 is 2.60 bits per heavy atom. The van der Waals surface area contributed by atoms with E-state index in [1.807, 2.05) is 13.0 Å². The maximum absolute atomic E-state index is 12.2. The predicted octanol–water partition coefficient (Wildman–Crippen LogP) is 2.67. The zero-order chi connectivity index (χ0) is 18.1. The molecular weight excluding hydrogens is 316 g/mol. The van der Waals surface area contributed by atoms with E-state index >= 15 is 0 Å². The maximum atomic E-state index is 12.2. The largest absolute Gasteiger partial charge is 0.393 e. The molecule has 3 fully saturated rings. The minimum absolute atomic E-state index is 0.0221. The van der Waals surface area contributed by atoms with Gasteiger partial charge in [-0.05, 0) is 68.3 Å². The monoisotopic (exact) mass is 346 g/mol. The highest BCUT2D eigenvalue weighted by molar-refractivity contribution is 5.91. The van der Waals surface area contributed by atoms with Crippen LogP contribution in [0.2, 0.25) is 0 Å². The molecule has 138 valence electrons. The van der Waals surface area contributed by atoms with E-state index in [1.165, 1.54) is 5.57 Å². The molecule has 0 aliphatic heterocycles. The number of fused-ring (bicyclic) bond motifs is 5. The number of allylic oxidation sites excluding steroid dienone is 1. The zero-order valence-corrected chi connectivity index (χ0v) is 15.5. The number of Topliss-reactive ketones (excluding diaryl/α,β-unsaturated/α-hetero) is 1. The van der Waals surface area contributed by atoms with Crippen LogP contribution in [0.4, 0.5) is 0 Å². The molecule has 0 radical (unpaired) electrons. The molecule has 3 saturated carbocycles. The van der Waals surface area contributed by atoms with E-state index in [0.717, 1.165) is 19.3 Å². The van der Waals surface area contributed by atoms with Crippen molar-refractivity contribution < 1.29 is 19.8 Å². The molecule has 0 bridgehead atoms. The molecule has 4 aliphatic carbocycles. The van der Waals surface area contributed by atoms with Crippen LogP contribution >= 0.6 is 0 Å². The number of carbonyl (C=O) groups is 2. The van der Waals surface area contributed by atoms with Gasteiger partial charge >= 0.3 is 0 Å². The molecule has 4 rings (SSSR count). The van der Waals surface area contributed by atoms with Gasteiger partial charge in [0.2, 0.25) is 0 Å². The van der Waals surface area contributed by atoms with Crippen molar-refractivity contribution in [3.8, 4) is 0 Å². The van der Waals surface area contributed by atoms with Gasteiger partial charge in [0.25, 0.3) is 0 Å². The summed E-state index contributed by atoms with van der Waals surface area (Å²) in [5.41, 5.74) is 0.679. The first-order valence-corrected chi connectivity index (χ1v) is 9.80. The average Bonchev–Trinajstić information content (AvgIpc) is 2.82. The minimum Gasteiger partial charge on any atom is -0.393 e. The van der Waals surface area contributed by atoms with Crippen LogP contribution < -0.4 is 0 Å². The second-order valence-corrected chi connectivity index (χ2v) is 9.47. The highest BCUT2D eigenvalue weighted by Crippen LogP contribution is 2.66. The minimum atomic E-state index is -0.571. The van der Waals surface area contributed by atoms with Crippen LogP contribution in [0, 0.1) is 34.5 Å². The summed E-state index contributed by atoms with van der Waals surface area (Å²) in [6.45, 7) is 5.87. The summed E-state index contributed by atoms with van der Waals surface area (Å²) < 4.78 is 0. The topological polar surface area (TPSA) is 74.6 Å². The van der Waals surface area contributed by atoms with Gasteiger partial charge in [0.15, 0.2) is 5.78 Å². The standard InChI is InChI=1S/C21H30O4/c1-11(22)15-9-17(24)19-14-5-4-12-8-13(23)6-7-20(12,2)16(14)10-18(25)21(15,19)3/h8,14-19,24-25H,4-7,9-10H2,1-3H3/t14-,15-,16+,17+,18-,19?,20+,21+/m1/s1. The van der Waals surface area contributed by atoms with Crippen molar-refractivity contribution in [2.45, 2.75) is 71.5 Å². The van der Waals surface area contributed by atoms with E-state index < -0.39 is 17.6 Å². The Labute approximate surface area is 149 Å². The summed E-state index contributed by atoms with van der Waals surface area (Å²) in [5.74, 6) is 0.654. The van der Waals surface area contributed by atoms with Crippen molar-refractivity contribution in [1.82, 2.24) is 0 Å². The molecule has 0 heterocycles. The third kappa shape index (κ3) is 2.19. The fraction of sp³-hybridized carbons (Fsp3) is 0.810. The second-order valence-electron chi connectivity index (χ2n) is 9.47. The van der Waals surface area contributed by atoms with Crippen LogP contribution in [0.5, 0.6) is 0 Å². The molecule has 0 aromatic rings. The van der Waals surface area contributed by atoms with Gasteiger partial charge in [0.1, 0.15) is 5.78 Å². The molecule has 0 saturated heterocycles. The molecule has 1 unspecified atom stereocenters. The fourth-order valence-electron chi connectivity index (χ4n) is 7.20. The lowest BCUT2D eigenvalue weighted by Crippen LogP contribution is -2.58. The van der Waals surface area contributed by atoms with Gasteiger partial charge < -0.3 is 10.2 Å². The molecule has 0 aromatic heterocycles. The fourth-order valence-corrected chi connectivity index (χ4v) is 7.20. The van der Waals surface area contributed by atoms with E-state index in [-0.39, 0.29) is 34.7 Å². The van der Waals surface area contributed by atoms with Gasteiger partial charge in [-0.15, -0.1) is 0 Å². The van der Waals surface area contributed by atoms with Crippen LogP contribution in [0.15, 0.2) is 11.6 Å². The summed E-state index contributed by atoms with van der Waals surface area (Å²) in [4.78, 5) is 24.1. The number of ketones is 2. The number of carbonyl (C=O) groups excluding carboxylic acids is 2. The first-order chi connectivity index (χ1) is 11.7. The Morgan fingerprint density at radius 1 is 1.20 bits per heavy atom. The molecular formula is C21H30O4. The van der Waals surface area contributed by atoms with Gasteiger partial charge in [-0.1, -0.05) is 19.4 Å². The lowest BCUT2D eigenvalue weighted by Gasteiger charge is -2.59. The molecule has 4 heteroatoms. The van der Waals surface area contributed by atoms with E-state index in [2.05, 4.69) is 6.92 Å². The van der Waals surface area contributed by atoms with Crippen LogP contribution in [-0.2, 0) is 9.59 Å². The van der Waals surface area contributed by atoms with E-state index in [4.69, 9.17) is 0 Å². The van der Waals surface area contributed by atoms with Crippen LogP contribution in [-0.4, -0.2) is 34.0 Å². The first-order valence-electron chi connectivity index (χ1n) is 9.80. The normalized spacial score (nSPS) is 52.0. The van der Waals surface area contributed by atoms with Gasteiger partial charge in [-0.3, -0.25) is 9.59 Å². The lowest BCUT2D eigenvalue weighted by atomic mass is 9.45. The zero-order valence-electron chi connectivity index (χ0n) is 15.5. The number of aliphatic hydroxyl groups is 2. The molecule has 8 atom stereocenters. The number of aliphatic hydroxyl groups excluding tert-OH is 2. The van der Waals surface area contributed by atoms with E-state index in [9.17, 15) is 19.8 Å². The summed E-state index contributed by atoms with van der Waals surface area (Å²) in [7, 11) is 0. The summed E-state index contributed by atoms with van der Waals surface area (Å²) in [5, 5.41) is 22.0. The molecule has 4 aliphatic rings. The average molecular weight is 346 g/mol. The van der Waals surface area contributed by atoms with Crippen molar-refractivity contribution in [2.24, 2.45) is 34.5 Å². The second kappa shape index (κ2) is 5.50. The Bertz CT molecular complexity index is 652. The van der Waals surface area contributed by atoms with E-state index in [0.29, 0.717) is 25.2 Å². The number of hydrogen-bond donors (Lipinski definition) is 2. The van der Waals surface area contributed by atoms with Gasteiger partial charge in [0, 0.05) is 17.8 Å². The van der Waals surface area contributed by atoms with Crippen molar-refractivity contribution in [2.75, 3.05) is 0 Å². The predicted molar refractivity (Wildman–Crippen MR) is 93.7 cm³/mol. The summed E-state index contributed by atoms with van der Waals surface area (Å²) in [6, 6.07) is 0. The number of hydrogen-bond acceptors (Lipinski definition) is 4. The molecule has 0 aromatic carbocycles. The summed E-state index contributed by atoms with van der Waals surface area (Å²) in [6.07, 6.45) is 5.21. The van der Waals surface area contributed by atoms with Crippen LogP contribution in [0.3, 0.4) is 0 Å².